The van der Waals surface area contributed by atoms with Crippen molar-refractivity contribution in [3.05, 3.63) is 0 Å². The highest BCUT2D eigenvalue weighted by molar-refractivity contribution is 4.78. The Labute approximate surface area is 80.4 Å². The lowest BCUT2D eigenvalue weighted by Crippen LogP contribution is -2.37. The molecule has 0 saturated carbocycles. The Morgan fingerprint density at radius 2 is 1.62 bits per heavy atom. The third kappa shape index (κ3) is 4.07. The second-order valence-corrected chi connectivity index (χ2v) is 3.93. The SMILES string of the molecule is CCCC(O)C(C(C)C)C(O)CO. The number of aliphatic hydroxyl groups excluding tert-OH is 3. The van der Waals surface area contributed by atoms with Gasteiger partial charge >= 0.3 is 0 Å². The summed E-state index contributed by atoms with van der Waals surface area (Å²) >= 11 is 0. The molecule has 0 aromatic carbocycles. The van der Waals surface area contributed by atoms with Crippen molar-refractivity contribution in [3.8, 4) is 0 Å². The topological polar surface area (TPSA) is 60.7 Å². The van der Waals surface area contributed by atoms with Crippen LogP contribution in [-0.4, -0.2) is 34.1 Å². The Morgan fingerprint density at radius 3 is 1.92 bits per heavy atom. The fourth-order valence-corrected chi connectivity index (χ4v) is 1.75. The average Bonchev–Trinajstić information content (AvgIpc) is 2.04. The Bertz CT molecular complexity index is 125. The van der Waals surface area contributed by atoms with E-state index in [1.807, 2.05) is 20.8 Å². The zero-order chi connectivity index (χ0) is 10.4. The van der Waals surface area contributed by atoms with Crippen LogP contribution in [0, 0.1) is 11.8 Å². The van der Waals surface area contributed by atoms with Gasteiger partial charge in [0.05, 0.1) is 18.8 Å². The molecule has 3 heteroatoms. The summed E-state index contributed by atoms with van der Waals surface area (Å²) in [5.74, 6) is -0.0337. The third-order valence-corrected chi connectivity index (χ3v) is 2.43. The van der Waals surface area contributed by atoms with Crippen molar-refractivity contribution in [2.24, 2.45) is 11.8 Å². The molecule has 0 aromatic heterocycles. The Balaban J connectivity index is 4.22. The van der Waals surface area contributed by atoms with Gasteiger partial charge in [-0.05, 0) is 12.3 Å². The first-order valence-corrected chi connectivity index (χ1v) is 5.01. The molecule has 0 aliphatic heterocycles. The first kappa shape index (κ1) is 12.9. The summed E-state index contributed by atoms with van der Waals surface area (Å²) in [6, 6.07) is 0. The highest BCUT2D eigenvalue weighted by Gasteiger charge is 2.28. The lowest BCUT2D eigenvalue weighted by molar-refractivity contribution is -0.0391. The largest absolute Gasteiger partial charge is 0.394 e. The Hall–Kier alpha value is -0.120. The molecule has 0 aliphatic rings. The number of aliphatic hydroxyl groups is 3. The van der Waals surface area contributed by atoms with Crippen LogP contribution in [0.3, 0.4) is 0 Å². The second kappa shape index (κ2) is 6.35. The van der Waals surface area contributed by atoms with Crippen molar-refractivity contribution in [2.75, 3.05) is 6.61 Å². The molecular formula is C10H22O3. The van der Waals surface area contributed by atoms with Gasteiger partial charge in [-0.15, -0.1) is 0 Å². The summed E-state index contributed by atoms with van der Waals surface area (Å²) in [7, 11) is 0. The van der Waals surface area contributed by atoms with E-state index in [0.29, 0.717) is 6.42 Å². The minimum atomic E-state index is -0.804. The molecule has 0 saturated heterocycles. The lowest BCUT2D eigenvalue weighted by Gasteiger charge is -2.29. The van der Waals surface area contributed by atoms with Crippen molar-refractivity contribution in [3.63, 3.8) is 0 Å². The normalized spacial score (nSPS) is 18.7. The van der Waals surface area contributed by atoms with E-state index < -0.39 is 12.2 Å². The van der Waals surface area contributed by atoms with E-state index in [2.05, 4.69) is 0 Å². The van der Waals surface area contributed by atoms with Crippen LogP contribution >= 0.6 is 0 Å². The first-order valence-electron chi connectivity index (χ1n) is 5.01. The fraction of sp³-hybridized carbons (Fsp3) is 1.00. The van der Waals surface area contributed by atoms with Crippen molar-refractivity contribution < 1.29 is 15.3 Å². The number of hydrogen-bond acceptors (Lipinski definition) is 3. The highest BCUT2D eigenvalue weighted by Crippen LogP contribution is 2.22. The molecule has 0 aromatic rings. The van der Waals surface area contributed by atoms with Crippen LogP contribution in [0.15, 0.2) is 0 Å². The van der Waals surface area contributed by atoms with Gasteiger partial charge in [0, 0.05) is 5.92 Å². The van der Waals surface area contributed by atoms with Gasteiger partial charge in [0.1, 0.15) is 0 Å². The Morgan fingerprint density at radius 1 is 1.08 bits per heavy atom. The molecule has 3 nitrogen and oxygen atoms in total. The van der Waals surface area contributed by atoms with E-state index >= 15 is 0 Å². The summed E-state index contributed by atoms with van der Waals surface area (Å²) < 4.78 is 0. The van der Waals surface area contributed by atoms with Crippen LogP contribution in [0.25, 0.3) is 0 Å². The van der Waals surface area contributed by atoms with E-state index in [9.17, 15) is 10.2 Å². The van der Waals surface area contributed by atoms with Crippen LogP contribution in [-0.2, 0) is 0 Å². The summed E-state index contributed by atoms with van der Waals surface area (Å²) in [6.45, 7) is 5.61. The molecule has 3 unspecified atom stereocenters. The van der Waals surface area contributed by atoms with Crippen LogP contribution in [0.2, 0.25) is 0 Å². The standard InChI is InChI=1S/C10H22O3/c1-4-5-8(12)10(7(2)3)9(13)6-11/h7-13H,4-6H2,1-3H3. The summed E-state index contributed by atoms with van der Waals surface area (Å²) in [5.41, 5.74) is 0. The molecule has 0 rings (SSSR count). The van der Waals surface area contributed by atoms with Crippen molar-refractivity contribution in [1.29, 1.82) is 0 Å². The molecule has 0 bridgehead atoms. The molecule has 0 radical (unpaired) electrons. The van der Waals surface area contributed by atoms with Gasteiger partial charge in [-0.3, -0.25) is 0 Å². The molecule has 0 heterocycles. The van der Waals surface area contributed by atoms with Crippen molar-refractivity contribution >= 4 is 0 Å². The van der Waals surface area contributed by atoms with E-state index in [0.717, 1.165) is 6.42 Å². The summed E-state index contributed by atoms with van der Waals surface area (Å²) in [5, 5.41) is 28.0. The molecule has 80 valence electrons. The van der Waals surface area contributed by atoms with Crippen molar-refractivity contribution in [1.82, 2.24) is 0 Å². The molecule has 3 N–H and O–H groups in total. The predicted octanol–water partition coefficient (Wildman–Crippen LogP) is 0.773. The molecule has 0 fully saturated rings. The molecule has 3 atom stereocenters. The van der Waals surface area contributed by atoms with Gasteiger partial charge in [-0.1, -0.05) is 27.2 Å². The van der Waals surface area contributed by atoms with Crippen LogP contribution in [0.1, 0.15) is 33.6 Å². The van der Waals surface area contributed by atoms with E-state index in [4.69, 9.17) is 5.11 Å². The molecule has 13 heavy (non-hydrogen) atoms. The zero-order valence-corrected chi connectivity index (χ0v) is 8.77. The maximum absolute atomic E-state index is 9.71. The summed E-state index contributed by atoms with van der Waals surface area (Å²) in [6.07, 6.45) is 0.260. The Kier molecular flexibility index (Phi) is 6.29. The maximum Gasteiger partial charge on any atom is 0.0826 e. The molecule has 0 amide bonds. The molecule has 0 spiro atoms. The van der Waals surface area contributed by atoms with Crippen LogP contribution in [0.5, 0.6) is 0 Å². The average molecular weight is 190 g/mol. The number of rotatable bonds is 6. The lowest BCUT2D eigenvalue weighted by atomic mass is 9.84. The van der Waals surface area contributed by atoms with E-state index in [-0.39, 0.29) is 18.4 Å². The monoisotopic (exact) mass is 190 g/mol. The third-order valence-electron chi connectivity index (χ3n) is 2.43. The van der Waals surface area contributed by atoms with Gasteiger partial charge in [0.25, 0.3) is 0 Å². The quantitative estimate of drug-likeness (QED) is 0.580. The van der Waals surface area contributed by atoms with Gasteiger partial charge in [-0.2, -0.15) is 0 Å². The van der Waals surface area contributed by atoms with Crippen LogP contribution in [0.4, 0.5) is 0 Å². The van der Waals surface area contributed by atoms with Crippen LogP contribution < -0.4 is 0 Å². The van der Waals surface area contributed by atoms with Gasteiger partial charge in [-0.25, -0.2) is 0 Å². The van der Waals surface area contributed by atoms with Gasteiger partial charge < -0.3 is 15.3 Å². The fourth-order valence-electron chi connectivity index (χ4n) is 1.75. The second-order valence-electron chi connectivity index (χ2n) is 3.93. The van der Waals surface area contributed by atoms with E-state index in [1.165, 1.54) is 0 Å². The predicted molar refractivity (Wildman–Crippen MR) is 52.3 cm³/mol. The zero-order valence-electron chi connectivity index (χ0n) is 8.77. The highest BCUT2D eigenvalue weighted by atomic mass is 16.3. The van der Waals surface area contributed by atoms with Gasteiger partial charge in [0.2, 0.25) is 0 Å². The summed E-state index contributed by atoms with van der Waals surface area (Å²) in [4.78, 5) is 0. The van der Waals surface area contributed by atoms with Gasteiger partial charge in [0.15, 0.2) is 0 Å². The molecule has 0 aliphatic carbocycles. The first-order chi connectivity index (χ1) is 6.04. The number of hydrogen-bond donors (Lipinski definition) is 3. The minimum absolute atomic E-state index is 0.184. The molecular weight excluding hydrogens is 168 g/mol. The smallest absolute Gasteiger partial charge is 0.0826 e. The maximum atomic E-state index is 9.71. The van der Waals surface area contributed by atoms with E-state index in [1.54, 1.807) is 0 Å². The van der Waals surface area contributed by atoms with Crippen molar-refractivity contribution in [2.45, 2.75) is 45.8 Å². The minimum Gasteiger partial charge on any atom is -0.394 e.